The van der Waals surface area contributed by atoms with E-state index in [4.69, 9.17) is 10.5 Å². The van der Waals surface area contributed by atoms with Crippen molar-refractivity contribution >= 4 is 23.5 Å². The number of nitrogens with zero attached hydrogens (tertiary/aromatic N) is 3. The maximum absolute atomic E-state index is 13.8. The first-order valence-electron chi connectivity index (χ1n) is 14.4. The van der Waals surface area contributed by atoms with Crippen LogP contribution in [-0.4, -0.2) is 63.4 Å². The Hall–Kier alpha value is -4.02. The summed E-state index contributed by atoms with van der Waals surface area (Å²) in [5.41, 5.74) is 7.61. The molecule has 10 heteroatoms. The summed E-state index contributed by atoms with van der Waals surface area (Å²) in [6.45, 7) is 8.96. The number of carbonyl (C=O) groups excluding carboxylic acids is 3. The Morgan fingerprint density at radius 3 is 2.48 bits per heavy atom. The number of hydrogen-bond donors (Lipinski definition) is 3. The molecule has 10 nitrogen and oxygen atoms in total. The van der Waals surface area contributed by atoms with E-state index in [-0.39, 0.29) is 24.9 Å². The molecule has 3 aromatic rings. The lowest BCUT2D eigenvalue weighted by Crippen LogP contribution is -2.56. The molecule has 1 fully saturated rings. The third-order valence-corrected chi connectivity index (χ3v) is 7.44. The highest BCUT2D eigenvalue weighted by molar-refractivity contribution is 5.98. The number of likely N-dealkylation sites (tertiary alicyclic amines) is 1. The maximum Gasteiger partial charge on any atom is 0.250 e. The van der Waals surface area contributed by atoms with E-state index in [2.05, 4.69) is 22.5 Å². The molecule has 1 saturated heterocycles. The van der Waals surface area contributed by atoms with Gasteiger partial charge in [0, 0.05) is 19.3 Å². The SMILES string of the molecule is Cc1cccc(C(C(=O)N2CCC(C)CC2)n2cnc(NC(=O)C(COCc3ccccc3)NC(=O)C(C)(C)N)c2)c1. The summed E-state index contributed by atoms with van der Waals surface area (Å²) in [7, 11) is 0. The van der Waals surface area contributed by atoms with Crippen LogP contribution in [-0.2, 0) is 25.7 Å². The highest BCUT2D eigenvalue weighted by Gasteiger charge is 2.31. The van der Waals surface area contributed by atoms with E-state index in [1.165, 1.54) is 0 Å². The van der Waals surface area contributed by atoms with Gasteiger partial charge in [-0.2, -0.15) is 0 Å². The summed E-state index contributed by atoms with van der Waals surface area (Å²) in [6, 6.07) is 15.8. The number of carbonyl (C=O) groups is 3. The van der Waals surface area contributed by atoms with E-state index < -0.39 is 29.4 Å². The van der Waals surface area contributed by atoms with E-state index in [0.717, 1.165) is 29.5 Å². The van der Waals surface area contributed by atoms with Crippen molar-refractivity contribution in [3.63, 3.8) is 0 Å². The average molecular weight is 575 g/mol. The van der Waals surface area contributed by atoms with Gasteiger partial charge in [-0.3, -0.25) is 14.4 Å². The van der Waals surface area contributed by atoms with Gasteiger partial charge < -0.3 is 30.6 Å². The van der Waals surface area contributed by atoms with Gasteiger partial charge in [0.2, 0.25) is 11.8 Å². The number of anilines is 1. The predicted molar refractivity (Wildman–Crippen MR) is 161 cm³/mol. The third kappa shape index (κ3) is 8.27. The van der Waals surface area contributed by atoms with Crippen molar-refractivity contribution in [2.45, 2.75) is 64.8 Å². The lowest BCUT2D eigenvalue weighted by molar-refractivity contribution is -0.135. The van der Waals surface area contributed by atoms with Gasteiger partial charge in [0.05, 0.1) is 25.1 Å². The Bertz CT molecular complexity index is 1360. The van der Waals surface area contributed by atoms with E-state index >= 15 is 0 Å². The number of rotatable bonds is 11. The minimum absolute atomic E-state index is 0.00703. The zero-order valence-electron chi connectivity index (χ0n) is 24.9. The Morgan fingerprint density at radius 1 is 1.10 bits per heavy atom. The lowest BCUT2D eigenvalue weighted by atomic mass is 9.97. The number of nitrogens with two attached hydrogens (primary N) is 1. The number of piperidine rings is 1. The van der Waals surface area contributed by atoms with Crippen molar-refractivity contribution < 1.29 is 19.1 Å². The van der Waals surface area contributed by atoms with Gasteiger partial charge in [-0.15, -0.1) is 0 Å². The van der Waals surface area contributed by atoms with Gasteiger partial charge in [0.25, 0.3) is 5.91 Å². The Morgan fingerprint density at radius 2 is 1.81 bits per heavy atom. The van der Waals surface area contributed by atoms with Crippen LogP contribution in [0.2, 0.25) is 0 Å². The number of aryl methyl sites for hydroxylation is 1. The van der Waals surface area contributed by atoms with Crippen LogP contribution in [0, 0.1) is 12.8 Å². The molecule has 0 spiro atoms. The van der Waals surface area contributed by atoms with Crippen LogP contribution in [0.4, 0.5) is 5.82 Å². The molecule has 2 unspecified atom stereocenters. The van der Waals surface area contributed by atoms with Crippen molar-refractivity contribution in [2.24, 2.45) is 11.7 Å². The molecule has 1 aromatic heterocycles. The van der Waals surface area contributed by atoms with Gasteiger partial charge in [-0.25, -0.2) is 4.98 Å². The normalized spacial score (nSPS) is 15.6. The van der Waals surface area contributed by atoms with Gasteiger partial charge in [-0.05, 0) is 50.7 Å². The molecule has 1 aliphatic rings. The smallest absolute Gasteiger partial charge is 0.250 e. The van der Waals surface area contributed by atoms with Crippen LogP contribution in [0.25, 0.3) is 0 Å². The first kappa shape index (κ1) is 30.9. The molecule has 0 saturated carbocycles. The zero-order chi connectivity index (χ0) is 30.3. The highest BCUT2D eigenvalue weighted by Crippen LogP contribution is 2.26. The van der Waals surface area contributed by atoms with E-state index in [1.54, 1.807) is 30.9 Å². The Kier molecular flexibility index (Phi) is 10.1. The fourth-order valence-electron chi connectivity index (χ4n) is 4.84. The molecule has 2 aromatic carbocycles. The Labute approximate surface area is 247 Å². The monoisotopic (exact) mass is 574 g/mol. The number of benzene rings is 2. The number of hydrogen-bond acceptors (Lipinski definition) is 6. The second kappa shape index (κ2) is 13.8. The van der Waals surface area contributed by atoms with Crippen LogP contribution in [0.5, 0.6) is 0 Å². The molecule has 224 valence electrons. The number of amides is 3. The lowest BCUT2D eigenvalue weighted by Gasteiger charge is -2.33. The molecule has 2 atom stereocenters. The van der Waals surface area contributed by atoms with Crippen molar-refractivity contribution in [3.8, 4) is 0 Å². The van der Waals surface area contributed by atoms with Crippen molar-refractivity contribution in [2.75, 3.05) is 25.0 Å². The second-order valence-corrected chi connectivity index (χ2v) is 11.8. The molecule has 1 aliphatic heterocycles. The molecular weight excluding hydrogens is 532 g/mol. The zero-order valence-corrected chi connectivity index (χ0v) is 24.9. The summed E-state index contributed by atoms with van der Waals surface area (Å²) < 4.78 is 7.51. The number of aromatic nitrogens is 2. The summed E-state index contributed by atoms with van der Waals surface area (Å²) in [6.07, 6.45) is 5.13. The van der Waals surface area contributed by atoms with E-state index in [0.29, 0.717) is 19.0 Å². The van der Waals surface area contributed by atoms with Gasteiger partial charge in [-0.1, -0.05) is 67.1 Å². The highest BCUT2D eigenvalue weighted by atomic mass is 16.5. The van der Waals surface area contributed by atoms with Crippen LogP contribution in [0.1, 0.15) is 56.3 Å². The van der Waals surface area contributed by atoms with Gasteiger partial charge in [0.15, 0.2) is 5.82 Å². The molecule has 3 amide bonds. The minimum atomic E-state index is -1.19. The van der Waals surface area contributed by atoms with Crippen molar-refractivity contribution in [3.05, 3.63) is 83.8 Å². The van der Waals surface area contributed by atoms with Crippen LogP contribution < -0.4 is 16.4 Å². The Balaban J connectivity index is 1.51. The van der Waals surface area contributed by atoms with Gasteiger partial charge in [0.1, 0.15) is 12.1 Å². The predicted octanol–water partition coefficient (Wildman–Crippen LogP) is 3.42. The van der Waals surface area contributed by atoms with Crippen LogP contribution >= 0.6 is 0 Å². The van der Waals surface area contributed by atoms with E-state index in [1.807, 2.05) is 66.4 Å². The molecule has 0 bridgehead atoms. The third-order valence-electron chi connectivity index (χ3n) is 7.44. The summed E-state index contributed by atoms with van der Waals surface area (Å²) in [5, 5.41) is 5.47. The first-order valence-corrected chi connectivity index (χ1v) is 14.4. The van der Waals surface area contributed by atoms with Crippen molar-refractivity contribution in [1.29, 1.82) is 0 Å². The molecular formula is C32H42N6O4. The topological polar surface area (TPSA) is 132 Å². The van der Waals surface area contributed by atoms with Gasteiger partial charge >= 0.3 is 0 Å². The fraction of sp³-hybridized carbons (Fsp3) is 0.438. The summed E-state index contributed by atoms with van der Waals surface area (Å²) in [5.74, 6) is -0.150. The first-order chi connectivity index (χ1) is 20.0. The largest absolute Gasteiger partial charge is 0.374 e. The fourth-order valence-corrected chi connectivity index (χ4v) is 4.84. The number of nitrogens with one attached hydrogen (secondary N) is 2. The van der Waals surface area contributed by atoms with Crippen molar-refractivity contribution in [1.82, 2.24) is 19.8 Å². The summed E-state index contributed by atoms with van der Waals surface area (Å²) >= 11 is 0. The number of ether oxygens (including phenoxy) is 1. The molecule has 0 aliphatic carbocycles. The minimum Gasteiger partial charge on any atom is -0.374 e. The van der Waals surface area contributed by atoms with E-state index in [9.17, 15) is 14.4 Å². The maximum atomic E-state index is 13.8. The van der Waals surface area contributed by atoms with Crippen LogP contribution in [0.15, 0.2) is 67.1 Å². The molecule has 4 N–H and O–H groups in total. The number of imidazole rings is 1. The summed E-state index contributed by atoms with van der Waals surface area (Å²) in [4.78, 5) is 46.1. The standard InChI is InChI=1S/C32H42N6O4/c1-22-13-15-37(16-14-22)30(40)28(25-12-8-9-23(2)17-25)38-18-27(34-21-38)36-29(39)26(35-31(41)32(3,4)33)20-42-19-24-10-6-5-7-11-24/h5-12,17-18,21-22,26,28H,13-16,19-20,33H2,1-4H3,(H,35,41)(H,36,39). The molecule has 2 heterocycles. The second-order valence-electron chi connectivity index (χ2n) is 11.8. The molecule has 42 heavy (non-hydrogen) atoms. The quantitative estimate of drug-likeness (QED) is 0.322. The molecule has 4 rings (SSSR count). The van der Waals surface area contributed by atoms with Crippen LogP contribution in [0.3, 0.4) is 0 Å². The molecule has 0 radical (unpaired) electrons. The average Bonchev–Trinajstić information content (AvgIpc) is 3.40.